The molecule has 0 unspecified atom stereocenters. The van der Waals surface area contributed by atoms with Crippen LogP contribution in [-0.2, 0) is 10.1 Å². The first kappa shape index (κ1) is 13.1. The molecule has 4 heteroatoms. The molecule has 0 spiro atoms. The van der Waals surface area contributed by atoms with Crippen LogP contribution in [0.25, 0.3) is 0 Å². The van der Waals surface area contributed by atoms with Gasteiger partial charge >= 0.3 is 0 Å². The first-order chi connectivity index (χ1) is 6.32. The SMILES string of the molecule is C=C/C(C)=C\C(C)=C(/CC)S(=O)(=O)O. The molecule has 0 aromatic carbocycles. The van der Waals surface area contributed by atoms with Crippen LogP contribution in [0, 0.1) is 0 Å². The summed E-state index contributed by atoms with van der Waals surface area (Å²) >= 11 is 0. The average Bonchev–Trinajstić information content (AvgIpc) is 2.02. The topological polar surface area (TPSA) is 54.4 Å². The van der Waals surface area contributed by atoms with E-state index in [0.29, 0.717) is 5.57 Å². The molecule has 0 radical (unpaired) electrons. The van der Waals surface area contributed by atoms with E-state index in [1.165, 1.54) is 0 Å². The Bertz CT molecular complexity index is 372. The molecule has 0 heterocycles. The highest BCUT2D eigenvalue weighted by Gasteiger charge is 2.13. The zero-order chi connectivity index (χ0) is 11.4. The summed E-state index contributed by atoms with van der Waals surface area (Å²) in [6.45, 7) is 8.71. The van der Waals surface area contributed by atoms with Crippen molar-refractivity contribution in [1.82, 2.24) is 0 Å². The molecule has 0 saturated heterocycles. The van der Waals surface area contributed by atoms with E-state index in [1.54, 1.807) is 26.0 Å². The molecule has 1 N–H and O–H groups in total. The second kappa shape index (κ2) is 5.12. The third-order valence-corrected chi connectivity index (χ3v) is 3.07. The molecule has 0 amide bonds. The third kappa shape index (κ3) is 3.89. The van der Waals surface area contributed by atoms with E-state index in [4.69, 9.17) is 4.55 Å². The van der Waals surface area contributed by atoms with E-state index < -0.39 is 10.1 Å². The van der Waals surface area contributed by atoms with Gasteiger partial charge in [-0.15, -0.1) is 0 Å². The van der Waals surface area contributed by atoms with E-state index in [9.17, 15) is 8.42 Å². The van der Waals surface area contributed by atoms with Gasteiger partial charge in [-0.3, -0.25) is 4.55 Å². The Morgan fingerprint density at radius 3 is 2.21 bits per heavy atom. The first-order valence-corrected chi connectivity index (χ1v) is 5.75. The molecule has 0 aromatic heterocycles. The molecule has 0 aliphatic heterocycles. The summed E-state index contributed by atoms with van der Waals surface area (Å²) in [4.78, 5) is 0.0544. The molecule has 0 atom stereocenters. The summed E-state index contributed by atoms with van der Waals surface area (Å²) in [5, 5.41) is 0. The van der Waals surface area contributed by atoms with Crippen LogP contribution in [0.1, 0.15) is 27.2 Å². The minimum atomic E-state index is -4.07. The second-order valence-electron chi connectivity index (χ2n) is 3.03. The highest BCUT2D eigenvalue weighted by Crippen LogP contribution is 2.17. The molecule has 0 aliphatic rings. The Morgan fingerprint density at radius 2 is 1.93 bits per heavy atom. The maximum absolute atomic E-state index is 10.9. The molecule has 80 valence electrons. The average molecular weight is 216 g/mol. The van der Waals surface area contributed by atoms with Crippen LogP contribution < -0.4 is 0 Å². The van der Waals surface area contributed by atoms with Gasteiger partial charge in [0.2, 0.25) is 0 Å². The Hall–Kier alpha value is -0.870. The maximum atomic E-state index is 10.9. The van der Waals surface area contributed by atoms with E-state index in [-0.39, 0.29) is 11.3 Å². The minimum absolute atomic E-state index is 0.0544. The molecular weight excluding hydrogens is 200 g/mol. The van der Waals surface area contributed by atoms with E-state index in [1.807, 2.05) is 6.92 Å². The van der Waals surface area contributed by atoms with Crippen LogP contribution in [0.15, 0.2) is 34.8 Å². The van der Waals surface area contributed by atoms with Gasteiger partial charge in [0.25, 0.3) is 10.1 Å². The van der Waals surface area contributed by atoms with Crippen LogP contribution in [0.2, 0.25) is 0 Å². The summed E-state index contributed by atoms with van der Waals surface area (Å²) in [7, 11) is -4.07. The van der Waals surface area contributed by atoms with Crippen molar-refractivity contribution in [1.29, 1.82) is 0 Å². The van der Waals surface area contributed by atoms with Crippen LogP contribution >= 0.6 is 0 Å². The molecule has 0 aromatic rings. The largest absolute Gasteiger partial charge is 0.290 e. The van der Waals surface area contributed by atoms with Gasteiger partial charge in [0.15, 0.2) is 0 Å². The van der Waals surface area contributed by atoms with E-state index in [2.05, 4.69) is 6.58 Å². The fourth-order valence-corrected chi connectivity index (χ4v) is 1.98. The van der Waals surface area contributed by atoms with Crippen LogP contribution in [0.4, 0.5) is 0 Å². The van der Waals surface area contributed by atoms with Crippen molar-refractivity contribution in [2.45, 2.75) is 27.2 Å². The number of hydrogen-bond donors (Lipinski definition) is 1. The number of allylic oxidation sites excluding steroid dienone is 5. The molecule has 3 nitrogen and oxygen atoms in total. The predicted molar refractivity (Wildman–Crippen MR) is 58.5 cm³/mol. The quantitative estimate of drug-likeness (QED) is 0.580. The Balaban J connectivity index is 5.37. The Labute approximate surface area is 85.6 Å². The van der Waals surface area contributed by atoms with Gasteiger partial charge in [-0.25, -0.2) is 0 Å². The van der Waals surface area contributed by atoms with Gasteiger partial charge in [-0.05, 0) is 25.8 Å². The summed E-state index contributed by atoms with van der Waals surface area (Å²) in [6, 6.07) is 0. The zero-order valence-corrected chi connectivity index (χ0v) is 9.56. The van der Waals surface area contributed by atoms with Gasteiger partial charge in [0.1, 0.15) is 0 Å². The fraction of sp³-hybridized carbons (Fsp3) is 0.400. The Morgan fingerprint density at radius 1 is 1.43 bits per heavy atom. The predicted octanol–water partition coefficient (Wildman–Crippen LogP) is 2.69. The molecule has 0 saturated carbocycles. The first-order valence-electron chi connectivity index (χ1n) is 4.30. The maximum Gasteiger partial charge on any atom is 0.290 e. The molecule has 0 aliphatic carbocycles. The lowest BCUT2D eigenvalue weighted by Gasteiger charge is -2.03. The highest BCUT2D eigenvalue weighted by atomic mass is 32.2. The van der Waals surface area contributed by atoms with Crippen molar-refractivity contribution in [3.05, 3.63) is 34.8 Å². The normalized spacial score (nSPS) is 15.0. The van der Waals surface area contributed by atoms with Gasteiger partial charge in [-0.2, -0.15) is 8.42 Å². The molecular formula is C10H16O3S. The standard InChI is InChI=1S/C10H16O3S/c1-5-8(3)7-9(4)10(6-2)14(11,12)13/h5,7H,1,6H2,2-4H3,(H,11,12,13)/b8-7-,10-9+. The molecule has 14 heavy (non-hydrogen) atoms. The number of hydrogen-bond acceptors (Lipinski definition) is 2. The second-order valence-corrected chi connectivity index (χ2v) is 4.47. The highest BCUT2D eigenvalue weighted by molar-refractivity contribution is 7.89. The van der Waals surface area contributed by atoms with Gasteiger partial charge in [0, 0.05) is 0 Å². The van der Waals surface area contributed by atoms with Crippen molar-refractivity contribution in [3.63, 3.8) is 0 Å². The van der Waals surface area contributed by atoms with Crippen molar-refractivity contribution in [2.75, 3.05) is 0 Å². The lowest BCUT2D eigenvalue weighted by Crippen LogP contribution is -2.03. The lowest BCUT2D eigenvalue weighted by molar-refractivity contribution is 0.489. The third-order valence-electron chi connectivity index (χ3n) is 1.84. The van der Waals surface area contributed by atoms with Crippen molar-refractivity contribution >= 4 is 10.1 Å². The fourth-order valence-electron chi connectivity index (χ4n) is 1.15. The van der Waals surface area contributed by atoms with Crippen molar-refractivity contribution < 1.29 is 13.0 Å². The number of rotatable bonds is 4. The summed E-state index contributed by atoms with van der Waals surface area (Å²) in [5.41, 5.74) is 1.41. The van der Waals surface area contributed by atoms with Gasteiger partial charge < -0.3 is 0 Å². The van der Waals surface area contributed by atoms with Crippen molar-refractivity contribution in [3.8, 4) is 0 Å². The minimum Gasteiger partial charge on any atom is -0.282 e. The Kier molecular flexibility index (Phi) is 4.80. The smallest absolute Gasteiger partial charge is 0.282 e. The van der Waals surface area contributed by atoms with Gasteiger partial charge in [0.05, 0.1) is 4.91 Å². The van der Waals surface area contributed by atoms with Gasteiger partial charge in [-0.1, -0.05) is 31.2 Å². The van der Waals surface area contributed by atoms with E-state index in [0.717, 1.165) is 5.57 Å². The summed E-state index contributed by atoms with van der Waals surface area (Å²) in [6.07, 6.45) is 3.59. The van der Waals surface area contributed by atoms with Crippen LogP contribution in [0.5, 0.6) is 0 Å². The van der Waals surface area contributed by atoms with Crippen molar-refractivity contribution in [2.24, 2.45) is 0 Å². The monoisotopic (exact) mass is 216 g/mol. The summed E-state index contributed by atoms with van der Waals surface area (Å²) in [5.74, 6) is 0. The summed E-state index contributed by atoms with van der Waals surface area (Å²) < 4.78 is 30.7. The van der Waals surface area contributed by atoms with Crippen LogP contribution in [0.3, 0.4) is 0 Å². The molecule has 0 rings (SSSR count). The zero-order valence-electron chi connectivity index (χ0n) is 8.74. The van der Waals surface area contributed by atoms with Crippen LogP contribution in [-0.4, -0.2) is 13.0 Å². The molecule has 0 bridgehead atoms. The molecule has 0 fully saturated rings. The lowest BCUT2D eigenvalue weighted by atomic mass is 10.1. The van der Waals surface area contributed by atoms with E-state index >= 15 is 0 Å².